The number of benzene rings is 9. The van der Waals surface area contributed by atoms with Crippen molar-refractivity contribution in [3.63, 3.8) is 0 Å². The van der Waals surface area contributed by atoms with E-state index in [-0.39, 0.29) is 0 Å². The zero-order valence-corrected chi connectivity index (χ0v) is 32.2. The van der Waals surface area contributed by atoms with E-state index in [4.69, 9.17) is 0 Å². The molecule has 0 saturated heterocycles. The number of thiophene rings is 2. The van der Waals surface area contributed by atoms with E-state index in [0.29, 0.717) is 22.5 Å². The molecule has 0 aliphatic rings. The lowest BCUT2D eigenvalue weighted by Crippen LogP contribution is -2.04. The molecule has 58 heavy (non-hydrogen) atoms. The van der Waals surface area contributed by atoms with Crippen LogP contribution in [0.25, 0.3) is 117 Å². The first-order chi connectivity index (χ1) is 28.7. The Morgan fingerprint density at radius 1 is 0.345 bits per heavy atom. The number of hydrogen-bond donors (Lipinski definition) is 0. The van der Waals surface area contributed by atoms with Crippen LogP contribution in [0, 0.1) is 22.7 Å². The highest BCUT2D eigenvalue weighted by Gasteiger charge is 2.23. The van der Waals surface area contributed by atoms with Gasteiger partial charge >= 0.3 is 0 Å². The molecule has 0 bridgehead atoms. The summed E-state index contributed by atoms with van der Waals surface area (Å²) in [6.45, 7) is 0. The molecular weight excluding hydrogens is 745 g/mol. The van der Waals surface area contributed by atoms with Crippen LogP contribution in [0.2, 0.25) is 0 Å². The Morgan fingerprint density at radius 3 is 1.21 bits per heavy atom. The van der Waals surface area contributed by atoms with Gasteiger partial charge in [-0.2, -0.15) is 10.5 Å². The largest absolute Gasteiger partial charge is 0.308 e. The molecule has 0 aliphatic heterocycles. The van der Waals surface area contributed by atoms with Gasteiger partial charge in [0.25, 0.3) is 0 Å². The lowest BCUT2D eigenvalue weighted by Gasteiger charge is -2.15. The quantitative estimate of drug-likeness (QED) is 0.176. The van der Waals surface area contributed by atoms with Gasteiger partial charge in [0.15, 0.2) is 0 Å². The summed E-state index contributed by atoms with van der Waals surface area (Å²) >= 11 is 3.59. The highest BCUT2D eigenvalue weighted by atomic mass is 32.1. The molecule has 13 aromatic rings. The third-order valence-electron chi connectivity index (χ3n) is 12.1. The highest BCUT2D eigenvalue weighted by molar-refractivity contribution is 7.26. The molecule has 0 spiro atoms. The van der Waals surface area contributed by atoms with Crippen LogP contribution in [-0.2, 0) is 0 Å². The number of hydrogen-bond acceptors (Lipinski definition) is 4. The highest BCUT2D eigenvalue weighted by Crippen LogP contribution is 2.46. The Labute approximate surface area is 338 Å². The van der Waals surface area contributed by atoms with Gasteiger partial charge in [-0.3, -0.25) is 0 Å². The Balaban J connectivity index is 1.09. The number of aromatic nitrogens is 2. The summed E-state index contributed by atoms with van der Waals surface area (Å²) in [7, 11) is 0. The van der Waals surface area contributed by atoms with E-state index in [9.17, 15) is 10.5 Å². The van der Waals surface area contributed by atoms with Crippen molar-refractivity contribution in [1.29, 1.82) is 10.5 Å². The van der Waals surface area contributed by atoms with Crippen molar-refractivity contribution in [2.75, 3.05) is 0 Å². The Kier molecular flexibility index (Phi) is 6.30. The van der Waals surface area contributed by atoms with Crippen LogP contribution in [-0.4, -0.2) is 9.13 Å². The number of fused-ring (bicyclic) bond motifs is 16. The summed E-state index contributed by atoms with van der Waals surface area (Å²) < 4.78 is 9.24. The predicted molar refractivity (Wildman–Crippen MR) is 245 cm³/mol. The van der Waals surface area contributed by atoms with Gasteiger partial charge in [0, 0.05) is 61.9 Å². The SMILES string of the molecule is N#Cc1cc(-n2c3ccccc3c3cc4c(cc32)sc2ccc3ccccc3c24)c(C#N)cc1-n1c2ccccc2c2cc3c(cc21)sc1ccc2ccccc2c13. The molecule has 4 aromatic heterocycles. The first-order valence-electron chi connectivity index (χ1n) is 19.2. The Bertz CT molecular complexity index is 3800. The lowest BCUT2D eigenvalue weighted by molar-refractivity contribution is 1.13. The molecule has 4 nitrogen and oxygen atoms in total. The van der Waals surface area contributed by atoms with Crippen LogP contribution in [0.5, 0.6) is 0 Å². The van der Waals surface area contributed by atoms with Gasteiger partial charge in [-0.15, -0.1) is 22.7 Å². The third kappa shape index (κ3) is 4.15. The van der Waals surface area contributed by atoms with Crippen LogP contribution in [0.3, 0.4) is 0 Å². The van der Waals surface area contributed by atoms with Crippen molar-refractivity contribution in [2.45, 2.75) is 0 Å². The Morgan fingerprint density at radius 2 is 0.759 bits per heavy atom. The molecule has 6 heteroatoms. The molecule has 0 radical (unpaired) electrons. The van der Waals surface area contributed by atoms with E-state index < -0.39 is 0 Å². The number of rotatable bonds is 2. The molecule has 0 atom stereocenters. The summed E-state index contributed by atoms with van der Waals surface area (Å²) in [6, 6.07) is 61.0. The van der Waals surface area contributed by atoms with E-state index in [2.05, 4.69) is 155 Å². The van der Waals surface area contributed by atoms with Crippen molar-refractivity contribution in [3.8, 4) is 23.5 Å². The van der Waals surface area contributed by atoms with E-state index in [1.165, 1.54) is 61.9 Å². The van der Waals surface area contributed by atoms with Gasteiger partial charge in [-0.1, -0.05) is 97.1 Å². The summed E-state index contributed by atoms with van der Waals surface area (Å²) in [6.07, 6.45) is 0. The van der Waals surface area contributed by atoms with Crippen molar-refractivity contribution in [1.82, 2.24) is 9.13 Å². The minimum absolute atomic E-state index is 0.499. The van der Waals surface area contributed by atoms with Gasteiger partial charge in [0.2, 0.25) is 0 Å². The van der Waals surface area contributed by atoms with Crippen LogP contribution in [0.4, 0.5) is 0 Å². The lowest BCUT2D eigenvalue weighted by atomic mass is 10.0. The fourth-order valence-corrected chi connectivity index (χ4v) is 11.9. The van der Waals surface area contributed by atoms with Crippen LogP contribution in [0.1, 0.15) is 11.1 Å². The van der Waals surface area contributed by atoms with Crippen molar-refractivity contribution >= 4 is 128 Å². The van der Waals surface area contributed by atoms with Crippen molar-refractivity contribution in [3.05, 3.63) is 169 Å². The normalized spacial score (nSPS) is 12.1. The summed E-state index contributed by atoms with van der Waals surface area (Å²) in [5.41, 5.74) is 6.39. The average Bonchev–Trinajstić information content (AvgIpc) is 4.01. The number of para-hydroxylation sites is 2. The minimum atomic E-state index is 0.499. The molecule has 9 aromatic carbocycles. The molecular formula is C52H26N4S2. The fraction of sp³-hybridized carbons (Fsp3) is 0. The summed E-state index contributed by atoms with van der Waals surface area (Å²) in [4.78, 5) is 0. The van der Waals surface area contributed by atoms with E-state index in [1.54, 1.807) is 22.7 Å². The topological polar surface area (TPSA) is 57.4 Å². The standard InChI is InChI=1S/C52H26N4S2/c53-27-31-22-44(56-42-16-8-6-14-36(42)38-24-40-50(26-46(38)56)58-48-20-18-30-10-2-4-12-34(30)52(40)48)32(28-54)21-43(31)55-41-15-7-5-13-35(41)37-23-39-49(25-45(37)55)57-47-19-17-29-9-1-3-11-33(29)51(39)47/h1-26H. The second-order valence-corrected chi connectivity index (χ2v) is 17.2. The van der Waals surface area contributed by atoms with Crippen molar-refractivity contribution < 1.29 is 0 Å². The summed E-state index contributed by atoms with van der Waals surface area (Å²) in [5.74, 6) is 0. The number of nitriles is 2. The van der Waals surface area contributed by atoms with Gasteiger partial charge in [0.1, 0.15) is 12.1 Å². The zero-order valence-electron chi connectivity index (χ0n) is 30.6. The van der Waals surface area contributed by atoms with Crippen LogP contribution in [0.15, 0.2) is 158 Å². The molecule has 0 N–H and O–H groups in total. The molecule has 0 fully saturated rings. The summed E-state index contributed by atoms with van der Waals surface area (Å²) in [5, 5.41) is 36.4. The van der Waals surface area contributed by atoms with Gasteiger partial charge in [-0.05, 0) is 82.2 Å². The monoisotopic (exact) mass is 770 g/mol. The smallest absolute Gasteiger partial charge is 0.101 e. The second kappa shape index (κ2) is 11.5. The molecule has 0 amide bonds. The molecule has 0 unspecified atom stereocenters. The maximum atomic E-state index is 11.0. The van der Waals surface area contributed by atoms with Crippen LogP contribution < -0.4 is 0 Å². The molecule has 266 valence electrons. The first-order valence-corrected chi connectivity index (χ1v) is 20.8. The Hall–Kier alpha value is -7.48. The van der Waals surface area contributed by atoms with E-state index in [0.717, 1.165) is 43.6 Å². The van der Waals surface area contributed by atoms with Gasteiger partial charge < -0.3 is 9.13 Å². The zero-order chi connectivity index (χ0) is 38.2. The molecule has 0 aliphatic carbocycles. The predicted octanol–water partition coefficient (Wildman–Crippen LogP) is 14.7. The van der Waals surface area contributed by atoms with Crippen molar-refractivity contribution in [2.24, 2.45) is 0 Å². The second-order valence-electron chi connectivity index (χ2n) is 15.1. The average molecular weight is 771 g/mol. The third-order valence-corrected chi connectivity index (χ3v) is 14.4. The fourth-order valence-electron chi connectivity index (χ4n) is 9.66. The maximum Gasteiger partial charge on any atom is 0.101 e. The van der Waals surface area contributed by atoms with Gasteiger partial charge in [0.05, 0.1) is 44.6 Å². The minimum Gasteiger partial charge on any atom is -0.308 e. The number of nitrogens with zero attached hydrogens (tertiary/aromatic N) is 4. The molecule has 0 saturated carbocycles. The molecule has 4 heterocycles. The first kappa shape index (κ1) is 31.7. The van der Waals surface area contributed by atoms with E-state index >= 15 is 0 Å². The van der Waals surface area contributed by atoms with E-state index in [1.807, 2.05) is 24.3 Å². The van der Waals surface area contributed by atoms with Crippen LogP contribution >= 0.6 is 22.7 Å². The molecule has 13 rings (SSSR count). The maximum absolute atomic E-state index is 11.0. The van der Waals surface area contributed by atoms with Gasteiger partial charge in [-0.25, -0.2) is 0 Å².